The maximum Gasteiger partial charge on any atom is 0.325 e. The molecule has 7 heteroatoms. The molecule has 1 aromatic carbocycles. The van der Waals surface area contributed by atoms with E-state index in [1.165, 1.54) is 17.6 Å². The number of aromatic nitrogens is 1. The highest BCUT2D eigenvalue weighted by atomic mass is 16.5. The fourth-order valence-electron chi connectivity index (χ4n) is 5.49. The topological polar surface area (TPSA) is 86.7 Å². The van der Waals surface area contributed by atoms with Crippen molar-refractivity contribution in [3.05, 3.63) is 58.8 Å². The van der Waals surface area contributed by atoms with E-state index in [9.17, 15) is 9.90 Å². The van der Waals surface area contributed by atoms with Crippen molar-refractivity contribution in [2.45, 2.75) is 90.8 Å². The fraction of sp³-hybridized carbons (Fsp3) is 0.562. The van der Waals surface area contributed by atoms with Gasteiger partial charge in [0.2, 0.25) is 0 Å². The molecule has 0 bridgehead atoms. The van der Waals surface area contributed by atoms with Gasteiger partial charge in [0, 0.05) is 54.8 Å². The molecule has 2 aliphatic heterocycles. The number of para-hydroxylation sites is 1. The van der Waals surface area contributed by atoms with Crippen molar-refractivity contribution in [1.82, 2.24) is 9.88 Å². The number of carboxylic acid groups (broad SMARTS) is 1. The minimum absolute atomic E-state index is 0.0776. The number of likely N-dealkylation sites (tertiary alicyclic amines) is 1. The lowest BCUT2D eigenvalue weighted by Crippen LogP contribution is -2.55. The van der Waals surface area contributed by atoms with Gasteiger partial charge >= 0.3 is 5.97 Å². The number of ether oxygens (including phenoxy) is 1. The molecule has 1 atom stereocenters. The molecule has 3 N–H and O–H groups in total. The second kappa shape index (κ2) is 13.9. The molecule has 3 heterocycles. The summed E-state index contributed by atoms with van der Waals surface area (Å²) in [6, 6.07) is 9.89. The van der Waals surface area contributed by atoms with E-state index in [0.29, 0.717) is 19.7 Å². The van der Waals surface area contributed by atoms with Crippen molar-refractivity contribution in [3.8, 4) is 0 Å². The molecule has 0 radical (unpaired) electrons. The van der Waals surface area contributed by atoms with Crippen molar-refractivity contribution in [1.29, 1.82) is 0 Å². The summed E-state index contributed by atoms with van der Waals surface area (Å²) in [6.07, 6.45) is 9.65. The maximum absolute atomic E-state index is 12.5. The van der Waals surface area contributed by atoms with Gasteiger partial charge in [-0.2, -0.15) is 0 Å². The van der Waals surface area contributed by atoms with E-state index in [1.54, 1.807) is 0 Å². The van der Waals surface area contributed by atoms with E-state index in [1.807, 2.05) is 17.0 Å². The Labute approximate surface area is 234 Å². The van der Waals surface area contributed by atoms with E-state index in [0.717, 1.165) is 73.4 Å². The zero-order chi connectivity index (χ0) is 27.8. The number of nitrogens with zero attached hydrogens (tertiary/aromatic N) is 2. The first kappa shape index (κ1) is 29.1. The van der Waals surface area contributed by atoms with E-state index < -0.39 is 12.0 Å². The Morgan fingerprint density at radius 2 is 2.08 bits per heavy atom. The summed E-state index contributed by atoms with van der Waals surface area (Å²) in [4.78, 5) is 19.3. The Morgan fingerprint density at radius 1 is 1.26 bits per heavy atom. The number of anilines is 2. The monoisotopic (exact) mass is 534 g/mol. The van der Waals surface area contributed by atoms with Crippen LogP contribution < -0.4 is 10.6 Å². The minimum atomic E-state index is -0.820. The molecule has 2 aliphatic rings. The Kier molecular flexibility index (Phi) is 10.4. The number of nitrogens with one attached hydrogen (secondary N) is 2. The van der Waals surface area contributed by atoms with Crippen LogP contribution in [0.1, 0.15) is 88.2 Å². The molecule has 0 spiro atoms. The summed E-state index contributed by atoms with van der Waals surface area (Å²) in [7, 11) is 0. The van der Waals surface area contributed by atoms with E-state index >= 15 is 0 Å². The van der Waals surface area contributed by atoms with Gasteiger partial charge in [-0.3, -0.25) is 9.69 Å². The van der Waals surface area contributed by atoms with E-state index in [-0.39, 0.29) is 12.1 Å². The largest absolute Gasteiger partial charge is 0.480 e. The normalized spacial score (nSPS) is 16.9. The number of rotatable bonds is 14. The molecule has 212 valence electrons. The fourth-order valence-corrected chi connectivity index (χ4v) is 5.49. The Balaban J connectivity index is 1.31. The van der Waals surface area contributed by atoms with Gasteiger partial charge < -0.3 is 20.5 Å². The predicted octanol–water partition coefficient (Wildman–Crippen LogP) is 6.31. The third-order valence-corrected chi connectivity index (χ3v) is 7.60. The van der Waals surface area contributed by atoms with Crippen LogP contribution in [-0.2, 0) is 22.4 Å². The third-order valence-electron chi connectivity index (χ3n) is 7.60. The van der Waals surface area contributed by atoms with Gasteiger partial charge in [0.1, 0.15) is 11.9 Å². The number of fused-ring (bicyclic) bond motifs is 1. The first-order chi connectivity index (χ1) is 18.9. The molecule has 4 rings (SSSR count). The van der Waals surface area contributed by atoms with Gasteiger partial charge in [0.25, 0.3) is 0 Å². The van der Waals surface area contributed by atoms with Crippen LogP contribution >= 0.6 is 0 Å². The van der Waals surface area contributed by atoms with Crippen LogP contribution in [0.3, 0.4) is 0 Å². The van der Waals surface area contributed by atoms with E-state index in [4.69, 9.17) is 9.72 Å². The van der Waals surface area contributed by atoms with Gasteiger partial charge in [-0.05, 0) is 76.5 Å². The number of pyridine rings is 1. The van der Waals surface area contributed by atoms with Gasteiger partial charge in [-0.15, -0.1) is 0 Å². The van der Waals surface area contributed by atoms with Crippen LogP contribution in [0.4, 0.5) is 11.5 Å². The average Bonchev–Trinajstić information content (AvgIpc) is 2.89. The van der Waals surface area contributed by atoms with Crippen LogP contribution in [0, 0.1) is 0 Å². The van der Waals surface area contributed by atoms with Gasteiger partial charge in [0.15, 0.2) is 0 Å². The molecule has 39 heavy (non-hydrogen) atoms. The van der Waals surface area contributed by atoms with Gasteiger partial charge in [0.05, 0.1) is 6.10 Å². The van der Waals surface area contributed by atoms with Crippen molar-refractivity contribution < 1.29 is 14.6 Å². The molecule has 1 fully saturated rings. The molecule has 7 nitrogen and oxygen atoms in total. The first-order valence-corrected chi connectivity index (χ1v) is 14.7. The number of hydrogen-bond acceptors (Lipinski definition) is 6. The number of carbonyl (C=O) groups is 1. The highest BCUT2D eigenvalue weighted by Gasteiger charge is 2.39. The molecular formula is C32H46N4O3. The first-order valence-electron chi connectivity index (χ1n) is 14.7. The lowest BCUT2D eigenvalue weighted by atomic mass is 9.93. The SMILES string of the molecule is CCC/C=C(/C)c1cccc(C(C(=O)O)N2CC(OCCCCc3ccc4c(n3)NCCC4)C2)c1NC(C)C. The molecular weight excluding hydrogens is 488 g/mol. The molecule has 2 aromatic rings. The minimum Gasteiger partial charge on any atom is -0.480 e. The van der Waals surface area contributed by atoms with Crippen molar-refractivity contribution in [2.75, 3.05) is 36.9 Å². The summed E-state index contributed by atoms with van der Waals surface area (Å²) in [5, 5.41) is 17.2. The predicted molar refractivity (Wildman–Crippen MR) is 159 cm³/mol. The standard InChI is InChI=1S/C32H46N4O3/c1-5-6-11-23(4)27-14-9-15-28(29(27)34-22(2)3)30(32(37)38)36-20-26(21-36)39-19-8-7-13-25-17-16-24-12-10-18-33-31(24)35-25/h9,11,14-17,22,26,30,34H,5-8,10,12-13,18-21H2,1-4H3,(H,33,35)(H,37,38)/b23-11-. The van der Waals surface area contributed by atoms with Crippen LogP contribution in [0.25, 0.3) is 5.57 Å². The third kappa shape index (κ3) is 7.61. The smallest absolute Gasteiger partial charge is 0.325 e. The summed E-state index contributed by atoms with van der Waals surface area (Å²) in [5.74, 6) is 0.238. The quantitative estimate of drug-likeness (QED) is 0.245. The van der Waals surface area contributed by atoms with Crippen molar-refractivity contribution in [3.63, 3.8) is 0 Å². The number of aliphatic carboxylic acids is 1. The maximum atomic E-state index is 12.5. The lowest BCUT2D eigenvalue weighted by molar-refractivity contribution is -0.150. The molecule has 0 aliphatic carbocycles. The summed E-state index contributed by atoms with van der Waals surface area (Å²) in [6.45, 7) is 11.4. The van der Waals surface area contributed by atoms with Crippen molar-refractivity contribution in [2.24, 2.45) is 0 Å². The van der Waals surface area contributed by atoms with Crippen molar-refractivity contribution >= 4 is 23.0 Å². The highest BCUT2D eigenvalue weighted by molar-refractivity contribution is 5.84. The number of aryl methyl sites for hydroxylation is 2. The number of hydrogen-bond donors (Lipinski definition) is 3. The van der Waals surface area contributed by atoms with Crippen LogP contribution in [-0.4, -0.2) is 59.3 Å². The molecule has 0 amide bonds. The average molecular weight is 535 g/mol. The Morgan fingerprint density at radius 3 is 2.82 bits per heavy atom. The summed E-state index contributed by atoms with van der Waals surface area (Å²) in [5.41, 5.74) is 6.47. The van der Waals surface area contributed by atoms with Crippen LogP contribution in [0.15, 0.2) is 36.4 Å². The van der Waals surface area contributed by atoms with Crippen LogP contribution in [0.5, 0.6) is 0 Å². The zero-order valence-electron chi connectivity index (χ0n) is 24.1. The molecule has 1 unspecified atom stereocenters. The molecule has 0 saturated carbocycles. The van der Waals surface area contributed by atoms with Gasteiger partial charge in [-0.1, -0.05) is 43.7 Å². The second-order valence-electron chi connectivity index (χ2n) is 11.2. The second-order valence-corrected chi connectivity index (χ2v) is 11.2. The number of carboxylic acids is 1. The van der Waals surface area contributed by atoms with E-state index in [2.05, 4.69) is 62.6 Å². The summed E-state index contributed by atoms with van der Waals surface area (Å²) >= 11 is 0. The van der Waals surface area contributed by atoms with Crippen LogP contribution in [0.2, 0.25) is 0 Å². The van der Waals surface area contributed by atoms with Gasteiger partial charge in [-0.25, -0.2) is 4.98 Å². The lowest BCUT2D eigenvalue weighted by Gasteiger charge is -2.43. The summed E-state index contributed by atoms with van der Waals surface area (Å²) < 4.78 is 6.11. The number of unbranched alkanes of at least 4 members (excludes halogenated alkanes) is 2. The highest BCUT2D eigenvalue weighted by Crippen LogP contribution is 2.37. The molecule has 1 aromatic heterocycles. The molecule has 1 saturated heterocycles. The number of allylic oxidation sites excluding steroid dienone is 2. The Hall–Kier alpha value is -2.90. The number of benzene rings is 1. The Bertz CT molecular complexity index is 1140. The zero-order valence-corrected chi connectivity index (χ0v) is 24.1.